The molecule has 14 nitrogen and oxygen atoms in total. The predicted molar refractivity (Wildman–Crippen MR) is 584 cm³/mol. The Balaban J connectivity index is 0.000000329. The Morgan fingerprint density at radius 1 is 0.370 bits per heavy atom. The normalized spacial score (nSPS) is 15.9. The first-order valence-corrected chi connectivity index (χ1v) is 59.7. The summed E-state index contributed by atoms with van der Waals surface area (Å²) in [5.74, 6) is 1.03. The summed E-state index contributed by atoms with van der Waals surface area (Å²) < 4.78 is 73.0. The van der Waals surface area contributed by atoms with E-state index in [1.165, 1.54) is 28.3 Å². The first-order chi connectivity index (χ1) is 65.6. The zero-order valence-corrected chi connectivity index (χ0v) is 92.1. The maximum Gasteiger partial charge on any atom is 0.208 e. The van der Waals surface area contributed by atoms with Crippen LogP contribution >= 0.6 is 0 Å². The molecule has 17 heteroatoms. The zero-order valence-electron chi connectivity index (χ0n) is 89.1. The number of carbonyl (C=O) groups excluding carboxylic acids is 2. The Morgan fingerprint density at radius 3 is 0.935 bits per heavy atom. The van der Waals surface area contributed by atoms with Crippen LogP contribution in [0.1, 0.15) is 227 Å². The van der Waals surface area contributed by atoms with Gasteiger partial charge in [-0.05, 0) is 225 Å². The first-order valence-electron chi connectivity index (χ1n) is 50.9. The molecule has 0 radical (unpaired) electrons. The molecule has 7 aromatic carbocycles. The van der Waals surface area contributed by atoms with E-state index < -0.39 is 25.0 Å². The summed E-state index contributed by atoms with van der Waals surface area (Å²) in [5, 5.41) is 0.673. The molecule has 7 aromatic rings. The quantitative estimate of drug-likeness (QED) is 0.0154. The highest BCUT2D eigenvalue weighted by Crippen LogP contribution is 2.41. The predicted octanol–water partition coefficient (Wildman–Crippen LogP) is 30.9. The maximum atomic E-state index is 13.0. The average molecular weight is 1940 g/mol. The molecule has 0 aromatic heterocycles. The lowest BCUT2D eigenvalue weighted by molar-refractivity contribution is -0.226. The number of ketones is 2. The molecule has 0 amide bonds. The molecule has 1 heterocycles. The van der Waals surface area contributed by atoms with E-state index in [0.717, 1.165) is 127 Å². The van der Waals surface area contributed by atoms with Gasteiger partial charge in [0.25, 0.3) is 0 Å². The van der Waals surface area contributed by atoms with Crippen molar-refractivity contribution in [1.82, 2.24) is 0 Å². The van der Waals surface area contributed by atoms with E-state index >= 15 is 0 Å². The van der Waals surface area contributed by atoms with E-state index in [4.69, 9.17) is 55.9 Å². The molecule has 1 aliphatic heterocycles. The topological polar surface area (TPSA) is 145 Å². The number of hydrogen-bond donors (Lipinski definition) is 0. The smallest absolute Gasteiger partial charge is 0.208 e. The van der Waals surface area contributed by atoms with Crippen LogP contribution in [0.5, 0.6) is 0 Å². The number of rotatable bonds is 58. The first kappa shape index (κ1) is 121. The molecule has 760 valence electrons. The lowest BCUT2D eigenvalue weighted by atomic mass is 9.95. The highest BCUT2D eigenvalue weighted by Gasteiger charge is 2.44. The molecular formula is C121H180O14Si3. The second kappa shape index (κ2) is 64.7. The molecule has 1 saturated heterocycles. The van der Waals surface area contributed by atoms with E-state index in [2.05, 4.69) is 267 Å². The van der Waals surface area contributed by atoms with Crippen molar-refractivity contribution < 1.29 is 65.5 Å². The van der Waals surface area contributed by atoms with Crippen LogP contribution in [-0.2, 0) is 112 Å². The summed E-state index contributed by atoms with van der Waals surface area (Å²) in [7, 11) is -5.16. The average Bonchev–Trinajstić information content (AvgIpc) is 1.63. The Bertz CT molecular complexity index is 4500. The van der Waals surface area contributed by atoms with Gasteiger partial charge in [0.15, 0.2) is 36.5 Å². The van der Waals surface area contributed by atoms with Gasteiger partial charge in [0.2, 0.25) is 5.79 Å². The molecule has 1 fully saturated rings. The van der Waals surface area contributed by atoms with Gasteiger partial charge in [-0.1, -0.05) is 360 Å². The number of benzene rings is 7. The van der Waals surface area contributed by atoms with Crippen molar-refractivity contribution in [2.75, 3.05) is 46.2 Å². The van der Waals surface area contributed by atoms with Crippen LogP contribution in [0.15, 0.2) is 299 Å². The lowest BCUT2D eigenvalue weighted by Crippen LogP contribution is -2.41. The van der Waals surface area contributed by atoms with Crippen molar-refractivity contribution in [1.29, 1.82) is 0 Å². The van der Waals surface area contributed by atoms with E-state index in [-0.39, 0.29) is 80.2 Å². The van der Waals surface area contributed by atoms with Gasteiger partial charge >= 0.3 is 0 Å². The van der Waals surface area contributed by atoms with Crippen molar-refractivity contribution >= 4 is 36.5 Å². The maximum absolute atomic E-state index is 13.0. The van der Waals surface area contributed by atoms with E-state index in [0.29, 0.717) is 77.0 Å². The molecule has 0 saturated carbocycles. The van der Waals surface area contributed by atoms with Crippen LogP contribution in [0.4, 0.5) is 0 Å². The van der Waals surface area contributed by atoms with E-state index in [1.54, 1.807) is 18.2 Å². The molecule has 2 aliphatic rings. The third kappa shape index (κ3) is 51.8. The molecule has 1 spiro atoms. The van der Waals surface area contributed by atoms with Crippen LogP contribution in [-0.4, -0.2) is 119 Å². The van der Waals surface area contributed by atoms with E-state index in [1.807, 2.05) is 158 Å². The van der Waals surface area contributed by atoms with Crippen molar-refractivity contribution in [3.8, 4) is 0 Å². The minimum Gasteiger partial charge on any atom is -0.417 e. The van der Waals surface area contributed by atoms with Gasteiger partial charge in [0.05, 0.1) is 90.0 Å². The second-order valence-electron chi connectivity index (χ2n) is 43.0. The Labute approximate surface area is 840 Å². The third-order valence-electron chi connectivity index (χ3n) is 26.7. The van der Waals surface area contributed by atoms with Gasteiger partial charge in [-0.15, -0.1) is 13.2 Å². The summed E-state index contributed by atoms with van der Waals surface area (Å²) in [6, 6.07) is 72.0. The molecule has 0 bridgehead atoms. The summed E-state index contributed by atoms with van der Waals surface area (Å²) in [4.78, 5) is 24.5. The fourth-order valence-electron chi connectivity index (χ4n) is 13.9. The summed E-state index contributed by atoms with van der Waals surface area (Å²) >= 11 is 0. The van der Waals surface area contributed by atoms with Gasteiger partial charge in [-0.25, -0.2) is 0 Å². The van der Waals surface area contributed by atoms with Crippen molar-refractivity contribution in [2.24, 2.45) is 35.0 Å². The second-order valence-corrected chi connectivity index (χ2v) is 57.4. The summed E-state index contributed by atoms with van der Waals surface area (Å²) in [6.45, 7) is 70.4. The Morgan fingerprint density at radius 2 is 0.652 bits per heavy atom. The van der Waals surface area contributed by atoms with E-state index in [9.17, 15) is 9.59 Å². The number of allylic oxidation sites excluding steroid dienone is 4. The number of hydrogen-bond acceptors (Lipinski definition) is 14. The highest BCUT2D eigenvalue weighted by molar-refractivity contribution is 6.75. The Kier molecular flexibility index (Phi) is 56.6. The van der Waals surface area contributed by atoms with Gasteiger partial charge in [0.1, 0.15) is 0 Å². The molecule has 1 aliphatic carbocycles. The number of carbonyl (C=O) groups is 2. The van der Waals surface area contributed by atoms with Gasteiger partial charge in [-0.3, -0.25) is 9.59 Å². The largest absolute Gasteiger partial charge is 0.417 e. The zero-order chi connectivity index (χ0) is 101. The van der Waals surface area contributed by atoms with Crippen LogP contribution in [0.25, 0.3) is 0 Å². The SMILES string of the molecule is C=CC(=O)/C=C/[C@H](C)[C@@H](CCCO[Si](C)(C)C(C)(C)C)OCc1ccccc1.C=CC[C@@H](CC[C@H](C)COCc1ccccc1)OCc1ccccc1.C=C[C@H](C)[C@@H](CCCO[Si](C)(C)C(C)(C)C)OCc1ccccc1.CC1(C)COC2(C=C2)OC1.C[C@@H](CC[C@H](C/C=C/C(=O)/C=C/[C@H](C)[C@@H](CCCO[Si](C)(C)C(C)(C)C)OCc1ccccc1)OCc1ccccc1)COCc1ccccc1. The van der Waals surface area contributed by atoms with Gasteiger partial charge in [-0.2, -0.15) is 0 Å². The molecule has 0 N–H and O–H groups in total. The summed E-state index contributed by atoms with van der Waals surface area (Å²) in [6.07, 6.45) is 31.7. The van der Waals surface area contributed by atoms with Crippen LogP contribution in [0.3, 0.4) is 0 Å². The molecule has 10 atom stereocenters. The highest BCUT2D eigenvalue weighted by atomic mass is 28.4. The molecule has 138 heavy (non-hydrogen) atoms. The van der Waals surface area contributed by atoms with Crippen molar-refractivity contribution in [3.05, 3.63) is 338 Å². The van der Waals surface area contributed by atoms with Crippen molar-refractivity contribution in [3.63, 3.8) is 0 Å². The third-order valence-corrected chi connectivity index (χ3v) is 40.3. The lowest BCUT2D eigenvalue weighted by Gasteiger charge is -2.36. The van der Waals surface area contributed by atoms with Crippen LogP contribution in [0.2, 0.25) is 54.4 Å². The minimum absolute atomic E-state index is 0.0121. The Hall–Kier alpha value is -7.77. The van der Waals surface area contributed by atoms with Gasteiger partial charge in [0, 0.05) is 50.3 Å². The van der Waals surface area contributed by atoms with Crippen LogP contribution < -0.4 is 0 Å². The van der Waals surface area contributed by atoms with Gasteiger partial charge < -0.3 is 55.9 Å². The standard InChI is InChI=1S/C45H64O5Si.C24H38O3Si.C23H30O2.C21H36O2Si.C8H12O2/c1-37(33-47-34-39-19-11-8-12-20-39)28-31-43(48-35-40-21-13-9-14-22-40)26-17-25-42(46)30-29-38(2)44(49-36-41-23-15-10-16-24-41)27-18-32-50-51(6,7)45(3,4)5;1-8-22(25)17-16-20(2)23(26-19-21-13-10-9-11-14-21)15-12-18-27-28(6,7)24(3,4)5;1-3-10-23(25-19-22-13-8-5-9-14-22)16-15-20(2)17-24-18-21-11-6-4-7-12-21;1-8-18(2)20(22-17-19-13-10-9-11-14-19)15-12-16-23-24(6,7)21(3,4)5;1-7(2)5-9-8(3-4-8)10-6-7/h8-17,19-25,29-30,37-38,43-44H,18,26-28,31-36H2,1-7H3;8-11,13-14,16-17,20,23H,1,12,15,18-19H2,2-7H3;3-9,11-14,20,23H,1,10,15-19H2,2H3;8-11,13-14,18,20H,1,12,15-17H2,2-7H3;3-4H,5-6H2,1-2H3/b25-17+,30-29+;17-16+;;;/t37-,38-,43-,44+;20-,23+;20-,23-;18-,20+;/m0000./s1. The minimum atomic E-state index is -1.80. The fraction of sp³-hybridized carbons (Fsp3) is 0.521. The molecular weight excluding hydrogens is 1760 g/mol. The van der Waals surface area contributed by atoms with Crippen LogP contribution in [0, 0.1) is 35.0 Å². The number of ether oxygens (including phenoxy) is 9. The summed E-state index contributed by atoms with van der Waals surface area (Å²) in [5.41, 5.74) is 8.49. The molecule has 0 unspecified atom stereocenters. The monoisotopic (exact) mass is 1940 g/mol. The molecule has 9 rings (SSSR count). The van der Waals surface area contributed by atoms with Crippen molar-refractivity contribution in [2.45, 2.75) is 325 Å². The fourth-order valence-corrected chi connectivity index (χ4v) is 17.2.